The Labute approximate surface area is 137 Å². The quantitative estimate of drug-likeness (QED) is 0.738. The Morgan fingerprint density at radius 1 is 1.22 bits per heavy atom. The molecule has 0 bridgehead atoms. The predicted octanol–water partition coefficient (Wildman–Crippen LogP) is 1.28. The van der Waals surface area contributed by atoms with Gasteiger partial charge in [-0.3, -0.25) is 9.59 Å². The van der Waals surface area contributed by atoms with Crippen molar-refractivity contribution in [1.29, 1.82) is 0 Å². The van der Waals surface area contributed by atoms with Gasteiger partial charge in [0.2, 0.25) is 11.8 Å². The zero-order valence-electron chi connectivity index (χ0n) is 13.8. The number of nitrogens with one attached hydrogen (secondary N) is 3. The second-order valence-corrected chi connectivity index (χ2v) is 6.02. The molecule has 1 aliphatic rings. The molecule has 0 radical (unpaired) electrons. The molecule has 23 heavy (non-hydrogen) atoms. The van der Waals surface area contributed by atoms with Crippen LogP contribution in [0.2, 0.25) is 0 Å². The minimum absolute atomic E-state index is 0.0480. The minimum Gasteiger partial charge on any atom is -0.384 e. The predicted molar refractivity (Wildman–Crippen MR) is 89.0 cm³/mol. The highest BCUT2D eigenvalue weighted by atomic mass is 16.5. The van der Waals surface area contributed by atoms with Gasteiger partial charge in [0.05, 0.1) is 12.0 Å². The van der Waals surface area contributed by atoms with Gasteiger partial charge in [0.25, 0.3) is 0 Å². The van der Waals surface area contributed by atoms with Crippen LogP contribution in [-0.2, 0) is 20.9 Å². The highest BCUT2D eigenvalue weighted by molar-refractivity contribution is 5.88. The van der Waals surface area contributed by atoms with E-state index in [-0.39, 0.29) is 11.8 Å². The van der Waals surface area contributed by atoms with Gasteiger partial charge in [-0.05, 0) is 43.6 Å². The van der Waals surface area contributed by atoms with E-state index >= 15 is 0 Å². The lowest BCUT2D eigenvalue weighted by molar-refractivity contribution is -0.136. The Balaban J connectivity index is 1.93. The van der Waals surface area contributed by atoms with Crippen molar-refractivity contribution in [3.63, 3.8) is 0 Å². The van der Waals surface area contributed by atoms with Gasteiger partial charge in [-0.2, -0.15) is 0 Å². The zero-order valence-corrected chi connectivity index (χ0v) is 13.8. The lowest BCUT2D eigenvalue weighted by Crippen LogP contribution is -2.49. The largest absolute Gasteiger partial charge is 0.384 e. The molecule has 1 aromatic carbocycles. The fourth-order valence-corrected chi connectivity index (χ4v) is 2.90. The topological polar surface area (TPSA) is 79.5 Å². The number of amides is 2. The number of hydrogen-bond donors (Lipinski definition) is 3. The average Bonchev–Trinajstić information content (AvgIpc) is 2.54. The third kappa shape index (κ3) is 4.77. The van der Waals surface area contributed by atoms with E-state index in [0.717, 1.165) is 37.2 Å². The summed E-state index contributed by atoms with van der Waals surface area (Å²) in [4.78, 5) is 23.6. The summed E-state index contributed by atoms with van der Waals surface area (Å²) in [5, 5.41) is 9.02. The molecule has 2 amide bonds. The number of carbonyl (C=O) groups excluding carboxylic acids is 2. The molecule has 2 rings (SSSR count). The van der Waals surface area contributed by atoms with Crippen molar-refractivity contribution in [2.45, 2.75) is 26.3 Å². The van der Waals surface area contributed by atoms with Gasteiger partial charge in [-0.25, -0.2) is 0 Å². The number of anilines is 1. The monoisotopic (exact) mass is 319 g/mol. The molecule has 6 nitrogen and oxygen atoms in total. The molecule has 0 spiro atoms. The van der Waals surface area contributed by atoms with Crippen LogP contribution in [0.1, 0.15) is 25.3 Å². The maximum Gasteiger partial charge on any atom is 0.228 e. The van der Waals surface area contributed by atoms with Crippen LogP contribution >= 0.6 is 0 Å². The summed E-state index contributed by atoms with van der Waals surface area (Å²) < 4.78 is 5.28. The van der Waals surface area contributed by atoms with E-state index in [9.17, 15) is 9.59 Å². The summed E-state index contributed by atoms with van der Waals surface area (Å²) in [7, 11) is 1.64. The second-order valence-electron chi connectivity index (χ2n) is 6.02. The molecular formula is C17H25N3O3. The fraction of sp³-hybridized carbons (Fsp3) is 0.529. The van der Waals surface area contributed by atoms with Gasteiger partial charge in [-0.15, -0.1) is 0 Å². The highest BCUT2D eigenvalue weighted by Crippen LogP contribution is 2.29. The van der Waals surface area contributed by atoms with E-state index in [1.54, 1.807) is 7.11 Å². The second kappa shape index (κ2) is 8.08. The normalized spacial score (nSPS) is 16.6. The number of ether oxygens (including phenoxy) is 1. The first-order chi connectivity index (χ1) is 11.1. The Bertz CT molecular complexity index is 531. The third-order valence-electron chi connectivity index (χ3n) is 4.19. The highest BCUT2D eigenvalue weighted by Gasteiger charge is 2.39. The van der Waals surface area contributed by atoms with Gasteiger partial charge < -0.3 is 20.7 Å². The molecule has 0 unspecified atom stereocenters. The Kier molecular flexibility index (Phi) is 6.12. The molecule has 126 valence electrons. The molecule has 0 aliphatic carbocycles. The Morgan fingerprint density at radius 3 is 2.43 bits per heavy atom. The van der Waals surface area contributed by atoms with Gasteiger partial charge in [-0.1, -0.05) is 12.1 Å². The van der Waals surface area contributed by atoms with Crippen molar-refractivity contribution < 1.29 is 14.3 Å². The van der Waals surface area contributed by atoms with E-state index < -0.39 is 5.41 Å². The number of hydrogen-bond acceptors (Lipinski definition) is 4. The van der Waals surface area contributed by atoms with Crippen molar-refractivity contribution in [2.75, 3.05) is 32.1 Å². The Morgan fingerprint density at radius 2 is 1.87 bits per heavy atom. The number of benzene rings is 1. The van der Waals surface area contributed by atoms with E-state index in [0.29, 0.717) is 13.2 Å². The molecule has 1 aliphatic heterocycles. The number of piperidine rings is 1. The lowest BCUT2D eigenvalue weighted by atomic mass is 9.78. The van der Waals surface area contributed by atoms with Gasteiger partial charge in [0.1, 0.15) is 0 Å². The first-order valence-electron chi connectivity index (χ1n) is 7.90. The number of rotatable bonds is 6. The molecule has 0 aromatic heterocycles. The molecule has 1 heterocycles. The van der Waals surface area contributed by atoms with E-state index in [1.165, 1.54) is 6.92 Å². The van der Waals surface area contributed by atoms with E-state index in [1.807, 2.05) is 24.3 Å². The molecule has 0 saturated carbocycles. The Hall–Kier alpha value is -1.92. The summed E-state index contributed by atoms with van der Waals surface area (Å²) >= 11 is 0. The van der Waals surface area contributed by atoms with Crippen LogP contribution in [0.5, 0.6) is 0 Å². The van der Waals surface area contributed by atoms with Crippen LogP contribution in [0.4, 0.5) is 5.69 Å². The number of carbonyl (C=O) groups is 2. The standard InChI is InChI=1S/C17H25N3O3/c1-13(21)20-15-5-3-14(4-6-15)11-19-16(22)17(12-23-2)7-9-18-10-8-17/h3-6,18H,7-12H2,1-2H3,(H,19,22)(H,20,21). The summed E-state index contributed by atoms with van der Waals surface area (Å²) in [5.74, 6) is -0.0507. The molecular weight excluding hydrogens is 294 g/mol. The smallest absolute Gasteiger partial charge is 0.228 e. The SMILES string of the molecule is COCC1(C(=O)NCc2ccc(NC(C)=O)cc2)CCNCC1. The first kappa shape index (κ1) is 17.4. The third-order valence-corrected chi connectivity index (χ3v) is 4.19. The van der Waals surface area contributed by atoms with Crippen LogP contribution in [-0.4, -0.2) is 38.6 Å². The van der Waals surface area contributed by atoms with Crippen molar-refractivity contribution in [3.8, 4) is 0 Å². The summed E-state index contributed by atoms with van der Waals surface area (Å²) in [6, 6.07) is 7.46. The van der Waals surface area contributed by atoms with Crippen molar-refractivity contribution in [1.82, 2.24) is 10.6 Å². The van der Waals surface area contributed by atoms with Crippen molar-refractivity contribution >= 4 is 17.5 Å². The van der Waals surface area contributed by atoms with Gasteiger partial charge >= 0.3 is 0 Å². The van der Waals surface area contributed by atoms with Crippen molar-refractivity contribution in [2.24, 2.45) is 5.41 Å². The minimum atomic E-state index is -0.434. The van der Waals surface area contributed by atoms with Gasteiger partial charge in [0, 0.05) is 26.3 Å². The molecule has 6 heteroatoms. The lowest BCUT2D eigenvalue weighted by Gasteiger charge is -2.35. The molecule has 1 aromatic rings. The van der Waals surface area contributed by atoms with Gasteiger partial charge in [0.15, 0.2) is 0 Å². The summed E-state index contributed by atoms with van der Waals surface area (Å²) in [6.45, 7) is 4.06. The number of methoxy groups -OCH3 is 1. The fourth-order valence-electron chi connectivity index (χ4n) is 2.90. The van der Waals surface area contributed by atoms with E-state index in [2.05, 4.69) is 16.0 Å². The summed E-state index contributed by atoms with van der Waals surface area (Å²) in [5.41, 5.74) is 1.31. The molecule has 3 N–H and O–H groups in total. The van der Waals surface area contributed by atoms with Crippen LogP contribution in [0.25, 0.3) is 0 Å². The first-order valence-corrected chi connectivity index (χ1v) is 7.90. The van der Waals surface area contributed by atoms with Crippen LogP contribution in [0.3, 0.4) is 0 Å². The van der Waals surface area contributed by atoms with Crippen LogP contribution < -0.4 is 16.0 Å². The van der Waals surface area contributed by atoms with Crippen molar-refractivity contribution in [3.05, 3.63) is 29.8 Å². The maximum atomic E-state index is 12.6. The van der Waals surface area contributed by atoms with Crippen LogP contribution in [0, 0.1) is 5.41 Å². The average molecular weight is 319 g/mol. The summed E-state index contributed by atoms with van der Waals surface area (Å²) in [6.07, 6.45) is 1.57. The van der Waals surface area contributed by atoms with Crippen LogP contribution in [0.15, 0.2) is 24.3 Å². The van der Waals surface area contributed by atoms with E-state index in [4.69, 9.17) is 4.74 Å². The molecule has 1 saturated heterocycles. The maximum absolute atomic E-state index is 12.6. The molecule has 0 atom stereocenters. The zero-order chi connectivity index (χ0) is 16.7. The molecule has 1 fully saturated rings.